The molecule has 0 unspecified atom stereocenters. The molecule has 0 saturated carbocycles. The van der Waals surface area contributed by atoms with Gasteiger partial charge >= 0.3 is 0 Å². The normalized spacial score (nSPS) is 11.0. The minimum atomic E-state index is -2.66. The summed E-state index contributed by atoms with van der Waals surface area (Å²) in [4.78, 5) is 0. The topological polar surface area (TPSA) is 74.8 Å². The van der Waals surface area contributed by atoms with Gasteiger partial charge in [0.1, 0.15) is 0 Å². The monoisotopic (exact) mass is 273 g/mol. The van der Waals surface area contributed by atoms with Gasteiger partial charge in [-0.25, -0.2) is 8.42 Å². The summed E-state index contributed by atoms with van der Waals surface area (Å²) in [6.45, 7) is 0. The summed E-state index contributed by atoms with van der Waals surface area (Å²) in [6.07, 6.45) is 0. The van der Waals surface area contributed by atoms with Crippen molar-refractivity contribution in [3.8, 4) is 11.3 Å². The maximum Gasteiger partial charge on any atom is 0.222 e. The fourth-order valence-corrected chi connectivity index (χ4v) is 2.35. The Bertz CT molecular complexity index is 786. The minimum absolute atomic E-state index is 0.530. The van der Waals surface area contributed by atoms with E-state index in [4.69, 9.17) is 0 Å². The van der Waals surface area contributed by atoms with Crippen molar-refractivity contribution in [2.75, 3.05) is 4.72 Å². The standard InChI is InChI=1S/C13H11N3O2S/c17-19(18)16-10-6-7-12-11(8-10)13(15-14-12)9-4-2-1-3-5-9/h1-8,19H,(H,14,15)(H,16,17,18). The van der Waals surface area contributed by atoms with Crippen LogP contribution in [0.1, 0.15) is 0 Å². The van der Waals surface area contributed by atoms with Crippen molar-refractivity contribution in [1.29, 1.82) is 0 Å². The number of aromatic nitrogens is 2. The van der Waals surface area contributed by atoms with Crippen molar-refractivity contribution >= 4 is 27.5 Å². The predicted octanol–water partition coefficient (Wildman–Crippen LogP) is 2.17. The van der Waals surface area contributed by atoms with Crippen molar-refractivity contribution in [3.63, 3.8) is 0 Å². The smallest absolute Gasteiger partial charge is 0.222 e. The van der Waals surface area contributed by atoms with E-state index in [1.165, 1.54) is 0 Å². The van der Waals surface area contributed by atoms with Gasteiger partial charge in [-0.2, -0.15) is 5.10 Å². The second-order valence-electron chi connectivity index (χ2n) is 4.07. The second kappa shape index (κ2) is 4.74. The molecular formula is C13H11N3O2S. The first-order valence-electron chi connectivity index (χ1n) is 5.68. The van der Waals surface area contributed by atoms with Gasteiger partial charge in [0.15, 0.2) is 0 Å². The zero-order valence-electron chi connectivity index (χ0n) is 9.83. The molecule has 0 amide bonds. The third-order valence-electron chi connectivity index (χ3n) is 2.83. The molecule has 0 saturated heterocycles. The summed E-state index contributed by atoms with van der Waals surface area (Å²) in [6, 6.07) is 15.0. The van der Waals surface area contributed by atoms with Gasteiger partial charge in [0.2, 0.25) is 10.9 Å². The highest BCUT2D eigenvalue weighted by molar-refractivity contribution is 7.73. The van der Waals surface area contributed by atoms with Gasteiger partial charge < -0.3 is 0 Å². The SMILES string of the molecule is O=[SH](=O)Nc1ccc2[nH]nc(-c3ccccc3)c2c1. The molecule has 2 aromatic carbocycles. The van der Waals surface area contributed by atoms with Crippen LogP contribution in [0.25, 0.3) is 22.2 Å². The van der Waals surface area contributed by atoms with Gasteiger partial charge in [0.25, 0.3) is 0 Å². The third-order valence-corrected chi connectivity index (χ3v) is 3.27. The van der Waals surface area contributed by atoms with Crippen molar-refractivity contribution in [3.05, 3.63) is 48.5 Å². The Kier molecular flexibility index (Phi) is 2.92. The average Bonchev–Trinajstić information content (AvgIpc) is 2.82. The number of fused-ring (bicyclic) bond motifs is 1. The number of benzene rings is 2. The molecule has 5 nitrogen and oxygen atoms in total. The van der Waals surface area contributed by atoms with Gasteiger partial charge in [-0.1, -0.05) is 30.3 Å². The number of thiol groups is 1. The van der Waals surface area contributed by atoms with E-state index < -0.39 is 10.9 Å². The Morgan fingerprint density at radius 3 is 2.58 bits per heavy atom. The number of hydrogen-bond acceptors (Lipinski definition) is 3. The molecule has 1 heterocycles. The number of rotatable bonds is 3. The van der Waals surface area contributed by atoms with Crippen molar-refractivity contribution in [2.45, 2.75) is 0 Å². The molecule has 0 aliphatic carbocycles. The maximum atomic E-state index is 10.7. The Labute approximate surface area is 111 Å². The molecule has 6 heteroatoms. The molecule has 3 rings (SSSR count). The highest BCUT2D eigenvalue weighted by Crippen LogP contribution is 2.28. The average molecular weight is 273 g/mol. The van der Waals surface area contributed by atoms with E-state index >= 15 is 0 Å². The second-order valence-corrected chi connectivity index (χ2v) is 4.81. The molecule has 19 heavy (non-hydrogen) atoms. The lowest BCUT2D eigenvalue weighted by molar-refractivity contribution is 0.619. The molecule has 3 aromatic rings. The molecule has 0 bridgehead atoms. The zero-order valence-corrected chi connectivity index (χ0v) is 10.7. The lowest BCUT2D eigenvalue weighted by atomic mass is 10.1. The molecule has 96 valence electrons. The first-order chi connectivity index (χ1) is 9.24. The maximum absolute atomic E-state index is 10.7. The summed E-state index contributed by atoms with van der Waals surface area (Å²) in [5.41, 5.74) is 3.19. The molecule has 0 aliphatic rings. The first-order valence-corrected chi connectivity index (χ1v) is 6.86. The van der Waals surface area contributed by atoms with E-state index in [9.17, 15) is 8.42 Å². The molecule has 0 fully saturated rings. The van der Waals surface area contributed by atoms with E-state index in [0.29, 0.717) is 5.69 Å². The van der Waals surface area contributed by atoms with Crippen molar-refractivity contribution in [2.24, 2.45) is 0 Å². The van der Waals surface area contributed by atoms with Crippen molar-refractivity contribution < 1.29 is 8.42 Å². The number of aromatic amines is 1. The van der Waals surface area contributed by atoms with Crippen LogP contribution in [0.3, 0.4) is 0 Å². The summed E-state index contributed by atoms with van der Waals surface area (Å²) >= 11 is 0. The molecular weight excluding hydrogens is 262 g/mol. The van der Waals surface area contributed by atoms with Crippen LogP contribution in [-0.4, -0.2) is 18.6 Å². The molecule has 0 radical (unpaired) electrons. The van der Waals surface area contributed by atoms with Crippen LogP contribution in [0.2, 0.25) is 0 Å². The summed E-state index contributed by atoms with van der Waals surface area (Å²) in [7, 11) is -2.66. The lowest BCUT2D eigenvalue weighted by Crippen LogP contribution is -1.94. The van der Waals surface area contributed by atoms with E-state index in [0.717, 1.165) is 22.2 Å². The van der Waals surface area contributed by atoms with Gasteiger partial charge in [0.05, 0.1) is 11.2 Å². The van der Waals surface area contributed by atoms with Crippen LogP contribution in [0, 0.1) is 0 Å². The summed E-state index contributed by atoms with van der Waals surface area (Å²) in [5, 5.41) is 8.10. The van der Waals surface area contributed by atoms with E-state index in [2.05, 4.69) is 14.9 Å². The minimum Gasteiger partial charge on any atom is -0.286 e. The van der Waals surface area contributed by atoms with E-state index in [1.807, 2.05) is 30.3 Å². The van der Waals surface area contributed by atoms with E-state index in [-0.39, 0.29) is 0 Å². The molecule has 1 aromatic heterocycles. The van der Waals surface area contributed by atoms with Gasteiger partial charge in [-0.15, -0.1) is 0 Å². The van der Waals surface area contributed by atoms with Crippen LogP contribution in [0.5, 0.6) is 0 Å². The van der Waals surface area contributed by atoms with Gasteiger partial charge in [-0.3, -0.25) is 9.82 Å². The van der Waals surface area contributed by atoms with Crippen molar-refractivity contribution in [1.82, 2.24) is 10.2 Å². The Morgan fingerprint density at radius 2 is 1.84 bits per heavy atom. The molecule has 0 spiro atoms. The predicted molar refractivity (Wildman–Crippen MR) is 75.5 cm³/mol. The number of hydrogen-bond donors (Lipinski definition) is 3. The van der Waals surface area contributed by atoms with Crippen LogP contribution in [-0.2, 0) is 10.9 Å². The fourth-order valence-electron chi connectivity index (χ4n) is 2.01. The number of nitrogens with one attached hydrogen (secondary N) is 2. The van der Waals surface area contributed by atoms with Crippen LogP contribution < -0.4 is 4.72 Å². The number of H-pyrrole nitrogens is 1. The zero-order chi connectivity index (χ0) is 13.2. The highest BCUT2D eigenvalue weighted by Gasteiger charge is 2.08. The highest BCUT2D eigenvalue weighted by atomic mass is 32.2. The number of nitrogens with zero attached hydrogens (tertiary/aromatic N) is 1. The fraction of sp³-hybridized carbons (Fsp3) is 0. The van der Waals surface area contributed by atoms with Crippen LogP contribution in [0.15, 0.2) is 48.5 Å². The van der Waals surface area contributed by atoms with Crippen LogP contribution >= 0.6 is 0 Å². The molecule has 0 aliphatic heterocycles. The molecule has 0 atom stereocenters. The quantitative estimate of drug-likeness (QED) is 0.640. The summed E-state index contributed by atoms with van der Waals surface area (Å²) < 4.78 is 23.8. The molecule has 2 N–H and O–H groups in total. The van der Waals surface area contributed by atoms with Gasteiger partial charge in [-0.05, 0) is 18.2 Å². The third kappa shape index (κ3) is 2.30. The Balaban J connectivity index is 2.16. The first kappa shape index (κ1) is 11.7. The Morgan fingerprint density at radius 1 is 1.05 bits per heavy atom. The largest absolute Gasteiger partial charge is 0.286 e. The Hall–Kier alpha value is -2.34. The van der Waals surface area contributed by atoms with E-state index in [1.54, 1.807) is 18.2 Å². The van der Waals surface area contributed by atoms with Gasteiger partial charge in [0, 0.05) is 16.6 Å². The lowest BCUT2D eigenvalue weighted by Gasteiger charge is -2.00. The van der Waals surface area contributed by atoms with Crippen LogP contribution in [0.4, 0.5) is 5.69 Å². The number of anilines is 1. The summed E-state index contributed by atoms with van der Waals surface area (Å²) in [5.74, 6) is 0.